The number of nitrogens with one attached hydrogen (secondary N) is 1. The molecule has 2 heterocycles. The predicted molar refractivity (Wildman–Crippen MR) is 112 cm³/mol. The van der Waals surface area contributed by atoms with Crippen LogP contribution in [0.5, 0.6) is 0 Å². The number of allylic oxidation sites excluding steroid dienone is 4. The van der Waals surface area contributed by atoms with Gasteiger partial charge in [0.15, 0.2) is 5.78 Å². The molecule has 30 heavy (non-hydrogen) atoms. The van der Waals surface area contributed by atoms with E-state index < -0.39 is 29.8 Å². The van der Waals surface area contributed by atoms with Crippen molar-refractivity contribution >= 4 is 11.7 Å². The molecule has 4 aliphatic rings. The molecule has 0 aromatic rings. The molecule has 2 aliphatic carbocycles. The Balaban J connectivity index is 1.87. The van der Waals surface area contributed by atoms with E-state index in [-0.39, 0.29) is 35.5 Å². The molecule has 2 saturated heterocycles. The maximum absolute atomic E-state index is 14.0. The van der Waals surface area contributed by atoms with Gasteiger partial charge in [-0.05, 0) is 44.9 Å². The van der Waals surface area contributed by atoms with Gasteiger partial charge in [-0.1, -0.05) is 44.1 Å². The molecule has 2 aliphatic heterocycles. The summed E-state index contributed by atoms with van der Waals surface area (Å²) in [6.07, 6.45) is 2.29. The molecule has 9 atom stereocenters. The van der Waals surface area contributed by atoms with Crippen LogP contribution in [0.4, 0.5) is 0 Å². The molecule has 0 aromatic heterocycles. The van der Waals surface area contributed by atoms with Gasteiger partial charge in [-0.25, -0.2) is 0 Å². The summed E-state index contributed by atoms with van der Waals surface area (Å²) in [5.74, 6) is -0.485. The van der Waals surface area contributed by atoms with Crippen LogP contribution in [-0.2, 0) is 14.3 Å². The monoisotopic (exact) mass is 417 g/mol. The molecule has 6 nitrogen and oxygen atoms in total. The van der Waals surface area contributed by atoms with E-state index in [2.05, 4.69) is 39.1 Å². The second-order valence-corrected chi connectivity index (χ2v) is 10.3. The van der Waals surface area contributed by atoms with Gasteiger partial charge in [0.2, 0.25) is 5.91 Å². The lowest BCUT2D eigenvalue weighted by molar-refractivity contribution is -0.146. The number of fused-ring (bicyclic) bond motifs is 1. The average molecular weight is 418 g/mol. The van der Waals surface area contributed by atoms with Crippen molar-refractivity contribution in [3.05, 3.63) is 23.3 Å². The zero-order valence-corrected chi connectivity index (χ0v) is 18.6. The number of aliphatic hydroxyl groups is 2. The Kier molecular flexibility index (Phi) is 5.48. The van der Waals surface area contributed by atoms with Crippen molar-refractivity contribution in [2.45, 2.75) is 84.3 Å². The highest BCUT2D eigenvalue weighted by Crippen LogP contribution is 2.57. The van der Waals surface area contributed by atoms with Crippen LogP contribution < -0.4 is 5.32 Å². The number of rotatable bonds is 2. The van der Waals surface area contributed by atoms with E-state index in [9.17, 15) is 19.8 Å². The molecule has 0 bridgehead atoms. The Hall–Kier alpha value is -1.50. The minimum absolute atomic E-state index is 0.0749. The molecule has 2 fully saturated rings. The molecule has 6 heteroatoms. The third-order valence-corrected chi connectivity index (χ3v) is 7.82. The zero-order chi connectivity index (χ0) is 22.0. The standard InChI is InChI=1S/C24H35NO5/c1-11(2)8-16-18-14(5)13(4)10-15-9-12(3)6-7-17(26)19(27)20-21(30-20)22(28)24(15,18)23(29)25-16/h9-11,14-21,26-27H,6-8H2,1-5H3,(H,25,29)/t14?,15?,16-,17+,18-,19+,20-,21-,24-/m0/s1. The molecule has 1 amide bonds. The van der Waals surface area contributed by atoms with Crippen LogP contribution in [-0.4, -0.2) is 52.4 Å². The van der Waals surface area contributed by atoms with Crippen LogP contribution in [0.2, 0.25) is 0 Å². The number of carbonyl (C=O) groups is 2. The molecule has 166 valence electrons. The smallest absolute Gasteiger partial charge is 0.235 e. The number of ketones is 1. The fourth-order valence-electron chi connectivity index (χ4n) is 6.13. The van der Waals surface area contributed by atoms with Gasteiger partial charge < -0.3 is 20.3 Å². The Morgan fingerprint density at radius 2 is 1.93 bits per heavy atom. The Labute approximate surface area is 178 Å². The first-order chi connectivity index (χ1) is 14.1. The summed E-state index contributed by atoms with van der Waals surface area (Å²) in [5, 5.41) is 24.0. The lowest BCUT2D eigenvalue weighted by atomic mass is 9.54. The molecule has 4 rings (SSSR count). The van der Waals surface area contributed by atoms with Crippen LogP contribution >= 0.6 is 0 Å². The van der Waals surface area contributed by atoms with Gasteiger partial charge in [0.1, 0.15) is 23.7 Å². The molecule has 1 spiro atoms. The fourth-order valence-corrected chi connectivity index (χ4v) is 6.13. The molecule has 2 unspecified atom stereocenters. The van der Waals surface area contributed by atoms with Gasteiger partial charge in [0.05, 0.1) is 6.10 Å². The highest BCUT2D eigenvalue weighted by atomic mass is 16.6. The number of carbonyl (C=O) groups excluding carboxylic acids is 2. The van der Waals surface area contributed by atoms with E-state index in [1.807, 2.05) is 13.0 Å². The summed E-state index contributed by atoms with van der Waals surface area (Å²) in [6.45, 7) is 10.4. The fraction of sp³-hybridized carbons (Fsp3) is 0.750. The van der Waals surface area contributed by atoms with Crippen LogP contribution in [0.25, 0.3) is 0 Å². The van der Waals surface area contributed by atoms with Crippen molar-refractivity contribution < 1.29 is 24.5 Å². The lowest BCUT2D eigenvalue weighted by Gasteiger charge is -2.44. The Morgan fingerprint density at radius 1 is 1.23 bits per heavy atom. The second kappa shape index (κ2) is 7.57. The summed E-state index contributed by atoms with van der Waals surface area (Å²) in [5.41, 5.74) is 0.993. The Morgan fingerprint density at radius 3 is 2.60 bits per heavy atom. The summed E-state index contributed by atoms with van der Waals surface area (Å²) in [6, 6.07) is -0.0749. The third-order valence-electron chi connectivity index (χ3n) is 7.82. The van der Waals surface area contributed by atoms with E-state index in [0.717, 1.165) is 12.0 Å². The molecule has 0 radical (unpaired) electrons. The number of Topliss-reactive ketones (excluding diaryl/α,β-unsaturated/α-hetero) is 1. The number of hydrogen-bond acceptors (Lipinski definition) is 5. The first kappa shape index (κ1) is 21.7. The van der Waals surface area contributed by atoms with Crippen LogP contribution in [0.1, 0.15) is 53.9 Å². The van der Waals surface area contributed by atoms with Gasteiger partial charge in [-0.15, -0.1) is 0 Å². The molecule has 0 aromatic carbocycles. The SMILES string of the molecule is CC1=CC2C=C(C)C(C)[C@H]3[C@H](CC(C)C)NC(=O)[C@@]23C(=O)[C@H]2O[C@H]2[C@H](O)[C@H](O)CC1. The lowest BCUT2D eigenvalue weighted by Crippen LogP contribution is -2.54. The van der Waals surface area contributed by atoms with Crippen LogP contribution in [0.3, 0.4) is 0 Å². The maximum Gasteiger partial charge on any atom is 0.235 e. The zero-order valence-electron chi connectivity index (χ0n) is 18.6. The summed E-state index contributed by atoms with van der Waals surface area (Å²) in [4.78, 5) is 27.6. The highest BCUT2D eigenvalue weighted by Gasteiger charge is 2.70. The highest BCUT2D eigenvalue weighted by molar-refractivity contribution is 6.12. The summed E-state index contributed by atoms with van der Waals surface area (Å²) in [7, 11) is 0. The topological polar surface area (TPSA) is 99.2 Å². The minimum Gasteiger partial charge on any atom is -0.390 e. The molecular weight excluding hydrogens is 382 g/mol. The first-order valence-electron chi connectivity index (χ1n) is 11.3. The normalized spacial score (nSPS) is 46.1. The third kappa shape index (κ3) is 3.19. The predicted octanol–water partition coefficient (Wildman–Crippen LogP) is 2.14. The molecule has 3 N–H and O–H groups in total. The minimum atomic E-state index is -1.23. The number of aliphatic hydroxyl groups excluding tert-OH is 2. The van der Waals surface area contributed by atoms with Gasteiger partial charge in [0.25, 0.3) is 0 Å². The largest absolute Gasteiger partial charge is 0.390 e. The maximum atomic E-state index is 14.0. The van der Waals surface area contributed by atoms with Gasteiger partial charge in [-0.3, -0.25) is 9.59 Å². The van der Waals surface area contributed by atoms with E-state index in [0.29, 0.717) is 18.8 Å². The van der Waals surface area contributed by atoms with E-state index in [1.54, 1.807) is 0 Å². The number of epoxide rings is 1. The number of amides is 1. The summed E-state index contributed by atoms with van der Waals surface area (Å²) < 4.78 is 5.61. The number of ether oxygens (including phenoxy) is 1. The van der Waals surface area contributed by atoms with Gasteiger partial charge in [0, 0.05) is 17.9 Å². The van der Waals surface area contributed by atoms with Crippen molar-refractivity contribution in [3.8, 4) is 0 Å². The van der Waals surface area contributed by atoms with E-state index >= 15 is 0 Å². The second-order valence-electron chi connectivity index (χ2n) is 10.3. The van der Waals surface area contributed by atoms with Crippen LogP contribution in [0, 0.1) is 29.1 Å². The quantitative estimate of drug-likeness (QED) is 0.363. The van der Waals surface area contributed by atoms with Crippen molar-refractivity contribution in [1.82, 2.24) is 5.32 Å². The van der Waals surface area contributed by atoms with E-state index in [4.69, 9.17) is 4.74 Å². The molecule has 0 saturated carbocycles. The first-order valence-corrected chi connectivity index (χ1v) is 11.3. The van der Waals surface area contributed by atoms with Crippen molar-refractivity contribution in [2.75, 3.05) is 0 Å². The average Bonchev–Trinajstić information content (AvgIpc) is 3.41. The van der Waals surface area contributed by atoms with Crippen molar-refractivity contribution in [3.63, 3.8) is 0 Å². The van der Waals surface area contributed by atoms with Gasteiger partial charge in [-0.2, -0.15) is 0 Å². The van der Waals surface area contributed by atoms with E-state index in [1.165, 1.54) is 5.57 Å². The summed E-state index contributed by atoms with van der Waals surface area (Å²) >= 11 is 0. The van der Waals surface area contributed by atoms with Crippen molar-refractivity contribution in [2.24, 2.45) is 29.1 Å². The Bertz CT molecular complexity index is 801. The number of hydrogen-bond donors (Lipinski definition) is 3. The van der Waals surface area contributed by atoms with Gasteiger partial charge >= 0.3 is 0 Å². The van der Waals surface area contributed by atoms with Crippen LogP contribution in [0.15, 0.2) is 23.3 Å². The van der Waals surface area contributed by atoms with Crippen molar-refractivity contribution in [1.29, 1.82) is 0 Å². The molecular formula is C24H35NO5.